The molecule has 1 aliphatic rings. The molecule has 0 fully saturated rings. The van der Waals surface area contributed by atoms with E-state index in [0.717, 1.165) is 27.8 Å². The van der Waals surface area contributed by atoms with Gasteiger partial charge in [0.2, 0.25) is 11.0 Å². The maximum Gasteiger partial charge on any atom is 0.233 e. The third-order valence-corrected chi connectivity index (χ3v) is 6.95. The largest absolute Gasteiger partial charge is 0.384 e. The highest BCUT2D eigenvalue weighted by atomic mass is 32.1. The van der Waals surface area contributed by atoms with E-state index < -0.39 is 11.5 Å². The summed E-state index contributed by atoms with van der Waals surface area (Å²) >= 11 is 1.31. The summed E-state index contributed by atoms with van der Waals surface area (Å²) < 4.78 is 0. The van der Waals surface area contributed by atoms with E-state index in [9.17, 15) is 9.90 Å². The number of nitrogens with zero attached hydrogens (tertiary/aromatic N) is 2. The molecule has 1 aliphatic carbocycles. The third-order valence-electron chi connectivity index (χ3n) is 6.34. The summed E-state index contributed by atoms with van der Waals surface area (Å²) in [5.41, 5.74) is 5.85. The standard InChI is InChI=1S/C26H23N3O2S/c1-26(24(31)28-25-29-27-16-32-25)15-20-13-12-19(23(30)18-10-6-3-7-11-18)14-21(20)22(26)17-8-4-2-5-9-17/h2-14,16,22-23,30H,15H2,1H3,(H,28,29,31)/t22-,23-,26+/m1/s1. The number of benzene rings is 3. The first-order valence-corrected chi connectivity index (χ1v) is 11.4. The fourth-order valence-electron chi connectivity index (χ4n) is 4.75. The maximum absolute atomic E-state index is 13.5. The van der Waals surface area contributed by atoms with Gasteiger partial charge in [0.15, 0.2) is 0 Å². The van der Waals surface area contributed by atoms with Crippen LogP contribution in [0.3, 0.4) is 0 Å². The zero-order valence-electron chi connectivity index (χ0n) is 17.6. The molecule has 5 rings (SSSR count). The lowest BCUT2D eigenvalue weighted by Gasteiger charge is -2.31. The lowest BCUT2D eigenvalue weighted by Crippen LogP contribution is -2.37. The van der Waals surface area contributed by atoms with Crippen LogP contribution in [0.1, 0.15) is 46.8 Å². The minimum absolute atomic E-state index is 0.0792. The average Bonchev–Trinajstić information content (AvgIpc) is 3.44. The number of aromatic nitrogens is 2. The molecular weight excluding hydrogens is 418 g/mol. The highest BCUT2D eigenvalue weighted by Crippen LogP contribution is 2.52. The Labute approximate surface area is 190 Å². The van der Waals surface area contributed by atoms with Crippen LogP contribution in [-0.2, 0) is 11.2 Å². The van der Waals surface area contributed by atoms with E-state index >= 15 is 0 Å². The van der Waals surface area contributed by atoms with Crippen molar-refractivity contribution in [3.63, 3.8) is 0 Å². The quantitative estimate of drug-likeness (QED) is 0.459. The zero-order chi connectivity index (χ0) is 22.1. The van der Waals surface area contributed by atoms with Crippen LogP contribution in [0.4, 0.5) is 5.13 Å². The molecule has 1 aromatic heterocycles. The average molecular weight is 442 g/mol. The van der Waals surface area contributed by atoms with Crippen molar-refractivity contribution >= 4 is 22.4 Å². The van der Waals surface area contributed by atoms with Gasteiger partial charge in [0.1, 0.15) is 11.6 Å². The first kappa shape index (κ1) is 20.5. The van der Waals surface area contributed by atoms with Crippen molar-refractivity contribution in [2.75, 3.05) is 5.32 Å². The van der Waals surface area contributed by atoms with Crippen molar-refractivity contribution < 1.29 is 9.90 Å². The van der Waals surface area contributed by atoms with Crippen LogP contribution < -0.4 is 5.32 Å². The maximum atomic E-state index is 13.5. The van der Waals surface area contributed by atoms with Gasteiger partial charge in [-0.2, -0.15) is 0 Å². The van der Waals surface area contributed by atoms with E-state index in [0.29, 0.717) is 11.6 Å². The fourth-order valence-corrected chi connectivity index (χ4v) is 5.19. The van der Waals surface area contributed by atoms with Crippen molar-refractivity contribution in [2.45, 2.75) is 25.4 Å². The molecule has 0 aliphatic heterocycles. The Bertz CT molecular complexity index is 1230. The lowest BCUT2D eigenvalue weighted by atomic mass is 9.73. The molecule has 6 heteroatoms. The molecule has 4 aromatic rings. The second-order valence-electron chi connectivity index (χ2n) is 8.41. The van der Waals surface area contributed by atoms with Gasteiger partial charge >= 0.3 is 0 Å². The van der Waals surface area contributed by atoms with Crippen molar-refractivity contribution in [1.82, 2.24) is 10.2 Å². The Morgan fingerprint density at radius 1 is 1.06 bits per heavy atom. The fraction of sp³-hybridized carbons (Fsp3) is 0.192. The molecule has 0 saturated carbocycles. The summed E-state index contributed by atoms with van der Waals surface area (Å²) in [6.07, 6.45) is -0.117. The SMILES string of the molecule is C[C@]1(C(=O)Nc2nncs2)Cc2ccc([C@H](O)c3ccccc3)cc2[C@H]1c1ccccc1. The highest BCUT2D eigenvalue weighted by molar-refractivity contribution is 7.13. The van der Waals surface area contributed by atoms with E-state index in [4.69, 9.17) is 0 Å². The summed E-state index contributed by atoms with van der Waals surface area (Å²) in [5, 5.41) is 22.3. The van der Waals surface area contributed by atoms with Crippen molar-refractivity contribution in [3.8, 4) is 0 Å². The summed E-state index contributed by atoms with van der Waals surface area (Å²) in [4.78, 5) is 13.5. The van der Waals surface area contributed by atoms with Gasteiger partial charge in [-0.25, -0.2) is 0 Å². The molecule has 0 radical (unpaired) electrons. The minimum atomic E-state index is -0.722. The number of aliphatic hydroxyl groups is 1. The number of aliphatic hydroxyl groups excluding tert-OH is 1. The molecule has 0 bridgehead atoms. The Hall–Kier alpha value is -3.35. The van der Waals surface area contributed by atoms with Crippen LogP contribution >= 0.6 is 11.3 Å². The first-order valence-electron chi connectivity index (χ1n) is 10.5. The number of amides is 1. The summed E-state index contributed by atoms with van der Waals surface area (Å²) in [6.45, 7) is 2.01. The number of anilines is 1. The number of carbonyl (C=O) groups is 1. The smallest absolute Gasteiger partial charge is 0.233 e. The number of nitrogens with one attached hydrogen (secondary N) is 1. The monoisotopic (exact) mass is 441 g/mol. The van der Waals surface area contributed by atoms with E-state index in [1.807, 2.05) is 61.5 Å². The molecule has 2 N–H and O–H groups in total. The Kier molecular flexibility index (Phi) is 5.33. The van der Waals surface area contributed by atoms with E-state index in [-0.39, 0.29) is 11.8 Å². The Morgan fingerprint density at radius 2 is 1.78 bits per heavy atom. The van der Waals surface area contributed by atoms with E-state index in [1.165, 1.54) is 11.3 Å². The molecule has 1 heterocycles. The molecule has 0 saturated heterocycles. The molecule has 0 unspecified atom stereocenters. The molecule has 3 aromatic carbocycles. The molecule has 32 heavy (non-hydrogen) atoms. The van der Waals surface area contributed by atoms with Gasteiger partial charge in [-0.15, -0.1) is 10.2 Å². The Balaban J connectivity index is 1.57. The van der Waals surface area contributed by atoms with Crippen LogP contribution in [0.15, 0.2) is 84.4 Å². The van der Waals surface area contributed by atoms with Crippen molar-refractivity contribution in [3.05, 3.63) is 112 Å². The van der Waals surface area contributed by atoms with Gasteiger partial charge in [0, 0.05) is 5.92 Å². The predicted octanol–water partition coefficient (Wildman–Crippen LogP) is 4.95. The number of hydrogen-bond donors (Lipinski definition) is 2. The molecule has 3 atom stereocenters. The number of carbonyl (C=O) groups excluding carboxylic acids is 1. The minimum Gasteiger partial charge on any atom is -0.384 e. The summed E-state index contributed by atoms with van der Waals surface area (Å²) in [7, 11) is 0. The summed E-state index contributed by atoms with van der Waals surface area (Å²) in [6, 6.07) is 25.8. The van der Waals surface area contributed by atoms with Gasteiger partial charge in [0.25, 0.3) is 0 Å². The van der Waals surface area contributed by atoms with Gasteiger partial charge < -0.3 is 10.4 Å². The van der Waals surface area contributed by atoms with E-state index in [1.54, 1.807) is 5.51 Å². The highest BCUT2D eigenvalue weighted by Gasteiger charge is 2.49. The first-order chi connectivity index (χ1) is 15.6. The second-order valence-corrected chi connectivity index (χ2v) is 9.24. The van der Waals surface area contributed by atoms with Gasteiger partial charge in [-0.05, 0) is 41.2 Å². The van der Waals surface area contributed by atoms with Crippen LogP contribution in [0.25, 0.3) is 0 Å². The number of rotatable bonds is 5. The number of fused-ring (bicyclic) bond motifs is 1. The molecule has 5 nitrogen and oxygen atoms in total. The lowest BCUT2D eigenvalue weighted by molar-refractivity contribution is -0.125. The molecular formula is C26H23N3O2S. The second kappa shape index (κ2) is 8.30. The molecule has 0 spiro atoms. The van der Waals surface area contributed by atoms with Gasteiger partial charge in [-0.1, -0.05) is 90.2 Å². The van der Waals surface area contributed by atoms with Crippen molar-refractivity contribution in [2.24, 2.45) is 5.41 Å². The predicted molar refractivity (Wildman–Crippen MR) is 126 cm³/mol. The van der Waals surface area contributed by atoms with Gasteiger partial charge in [-0.3, -0.25) is 4.79 Å². The van der Waals surface area contributed by atoms with Crippen LogP contribution in [0.5, 0.6) is 0 Å². The van der Waals surface area contributed by atoms with Gasteiger partial charge in [0.05, 0.1) is 5.41 Å². The van der Waals surface area contributed by atoms with Crippen molar-refractivity contribution in [1.29, 1.82) is 0 Å². The van der Waals surface area contributed by atoms with Crippen LogP contribution in [-0.4, -0.2) is 21.2 Å². The number of hydrogen-bond acceptors (Lipinski definition) is 5. The summed E-state index contributed by atoms with van der Waals surface area (Å²) in [5.74, 6) is -0.223. The van der Waals surface area contributed by atoms with Crippen LogP contribution in [0, 0.1) is 5.41 Å². The molecule has 1 amide bonds. The zero-order valence-corrected chi connectivity index (χ0v) is 18.4. The van der Waals surface area contributed by atoms with Crippen LogP contribution in [0.2, 0.25) is 0 Å². The van der Waals surface area contributed by atoms with E-state index in [2.05, 4.69) is 39.8 Å². The Morgan fingerprint density at radius 3 is 2.47 bits per heavy atom. The molecule has 160 valence electrons. The normalized spacial score (nSPS) is 20.5. The third kappa shape index (κ3) is 3.61. The topological polar surface area (TPSA) is 75.1 Å².